The molecule has 2 amide bonds. The summed E-state index contributed by atoms with van der Waals surface area (Å²) in [6, 6.07) is 3.40. The maximum atomic E-state index is 12.7. The number of fused-ring (bicyclic) bond motifs is 1. The van der Waals surface area contributed by atoms with Crippen LogP contribution in [-0.2, 0) is 4.79 Å². The van der Waals surface area contributed by atoms with E-state index in [4.69, 9.17) is 0 Å². The molecule has 1 atom stereocenters. The second-order valence-electron chi connectivity index (χ2n) is 6.29. The number of aliphatic hydroxyl groups excluding tert-OH is 1. The van der Waals surface area contributed by atoms with Gasteiger partial charge in [0.1, 0.15) is 6.10 Å². The standard InChI is InChI=1S/C16H21N5O3/c1-10(2)14(23)15-19-18-12-4-3-11(9-21(12)15)16(24)20-7-5-13(22)17-6-8-20/h3-4,9-10,14,23H,5-8H2,1-2H3,(H,17,22). The van der Waals surface area contributed by atoms with Gasteiger partial charge in [-0.25, -0.2) is 0 Å². The third-order valence-electron chi connectivity index (χ3n) is 4.17. The molecule has 1 fully saturated rings. The van der Waals surface area contributed by atoms with Crippen molar-refractivity contribution in [3.8, 4) is 0 Å². The smallest absolute Gasteiger partial charge is 0.255 e. The lowest BCUT2D eigenvalue weighted by molar-refractivity contribution is -0.120. The van der Waals surface area contributed by atoms with E-state index in [9.17, 15) is 14.7 Å². The highest BCUT2D eigenvalue weighted by molar-refractivity contribution is 5.94. The summed E-state index contributed by atoms with van der Waals surface area (Å²) >= 11 is 0. The van der Waals surface area contributed by atoms with E-state index in [0.29, 0.717) is 43.1 Å². The summed E-state index contributed by atoms with van der Waals surface area (Å²) in [6.07, 6.45) is 1.20. The molecule has 0 radical (unpaired) electrons. The fourth-order valence-electron chi connectivity index (χ4n) is 2.69. The number of amides is 2. The Bertz CT molecular complexity index is 770. The van der Waals surface area contributed by atoms with Gasteiger partial charge >= 0.3 is 0 Å². The van der Waals surface area contributed by atoms with Crippen LogP contribution in [0.5, 0.6) is 0 Å². The van der Waals surface area contributed by atoms with Gasteiger partial charge in [0.2, 0.25) is 5.91 Å². The fraction of sp³-hybridized carbons (Fsp3) is 0.500. The summed E-state index contributed by atoms with van der Waals surface area (Å²) in [4.78, 5) is 25.8. The third kappa shape index (κ3) is 3.09. The summed E-state index contributed by atoms with van der Waals surface area (Å²) in [5, 5.41) is 21.1. The van der Waals surface area contributed by atoms with Gasteiger partial charge in [-0.1, -0.05) is 13.8 Å². The monoisotopic (exact) mass is 331 g/mol. The molecule has 3 heterocycles. The van der Waals surface area contributed by atoms with E-state index in [0.717, 1.165) is 0 Å². The molecule has 1 saturated heterocycles. The lowest BCUT2D eigenvalue weighted by Crippen LogP contribution is -2.34. The summed E-state index contributed by atoms with van der Waals surface area (Å²) in [5.41, 5.74) is 1.06. The zero-order valence-electron chi connectivity index (χ0n) is 13.8. The second kappa shape index (κ2) is 6.56. The van der Waals surface area contributed by atoms with Crippen LogP contribution in [0, 0.1) is 5.92 Å². The van der Waals surface area contributed by atoms with Crippen LogP contribution in [0.4, 0.5) is 0 Å². The Kier molecular flexibility index (Phi) is 4.48. The summed E-state index contributed by atoms with van der Waals surface area (Å²) < 4.78 is 1.65. The van der Waals surface area contributed by atoms with Crippen molar-refractivity contribution in [1.29, 1.82) is 0 Å². The van der Waals surface area contributed by atoms with Crippen molar-refractivity contribution in [2.24, 2.45) is 5.92 Å². The fourth-order valence-corrected chi connectivity index (χ4v) is 2.69. The molecular formula is C16H21N5O3. The van der Waals surface area contributed by atoms with Crippen molar-refractivity contribution in [1.82, 2.24) is 24.8 Å². The van der Waals surface area contributed by atoms with Crippen LogP contribution in [0.3, 0.4) is 0 Å². The van der Waals surface area contributed by atoms with Gasteiger partial charge in [-0.05, 0) is 18.1 Å². The van der Waals surface area contributed by atoms with Crippen LogP contribution in [0.1, 0.15) is 42.6 Å². The predicted octanol–water partition coefficient (Wildman–Crippen LogP) is 0.381. The molecule has 2 aromatic heterocycles. The zero-order chi connectivity index (χ0) is 17.3. The molecule has 0 spiro atoms. The van der Waals surface area contributed by atoms with Gasteiger partial charge in [-0.3, -0.25) is 14.0 Å². The molecular weight excluding hydrogens is 310 g/mol. The SMILES string of the molecule is CC(C)C(O)c1nnc2ccc(C(=O)N3CCNC(=O)CC3)cn12. The molecule has 2 aromatic rings. The average Bonchev–Trinajstić information content (AvgIpc) is 2.87. The topological polar surface area (TPSA) is 99.8 Å². The van der Waals surface area contributed by atoms with Gasteiger partial charge in [0, 0.05) is 32.3 Å². The first-order valence-corrected chi connectivity index (χ1v) is 8.06. The molecule has 0 aliphatic carbocycles. The number of nitrogens with one attached hydrogen (secondary N) is 1. The Labute approximate surface area is 139 Å². The highest BCUT2D eigenvalue weighted by Gasteiger charge is 2.22. The average molecular weight is 331 g/mol. The molecule has 1 unspecified atom stereocenters. The van der Waals surface area contributed by atoms with E-state index in [1.807, 2.05) is 13.8 Å². The summed E-state index contributed by atoms with van der Waals surface area (Å²) in [5.74, 6) is 0.218. The van der Waals surface area contributed by atoms with Crippen LogP contribution in [0.15, 0.2) is 18.3 Å². The Morgan fingerprint density at radius 3 is 2.83 bits per heavy atom. The number of pyridine rings is 1. The number of aromatic nitrogens is 3. The molecule has 128 valence electrons. The number of aliphatic hydroxyl groups is 1. The maximum Gasteiger partial charge on any atom is 0.255 e. The van der Waals surface area contributed by atoms with Gasteiger partial charge in [0.15, 0.2) is 11.5 Å². The molecule has 1 aliphatic rings. The number of hydrogen-bond acceptors (Lipinski definition) is 5. The van der Waals surface area contributed by atoms with Crippen LogP contribution in [0.2, 0.25) is 0 Å². The number of rotatable bonds is 3. The molecule has 0 saturated carbocycles. The van der Waals surface area contributed by atoms with E-state index in [1.165, 1.54) is 0 Å². The first-order chi connectivity index (χ1) is 11.5. The minimum absolute atomic E-state index is 0.0144. The molecule has 2 N–H and O–H groups in total. The van der Waals surface area contributed by atoms with Gasteiger partial charge in [-0.15, -0.1) is 10.2 Å². The zero-order valence-corrected chi connectivity index (χ0v) is 13.8. The number of carbonyl (C=O) groups excluding carboxylic acids is 2. The first kappa shape index (κ1) is 16.4. The summed E-state index contributed by atoms with van der Waals surface area (Å²) in [7, 11) is 0. The molecule has 0 aromatic carbocycles. The van der Waals surface area contributed by atoms with Crippen molar-refractivity contribution >= 4 is 17.5 Å². The molecule has 1 aliphatic heterocycles. The van der Waals surface area contributed by atoms with Crippen molar-refractivity contribution < 1.29 is 14.7 Å². The number of carbonyl (C=O) groups is 2. The maximum absolute atomic E-state index is 12.7. The Morgan fingerprint density at radius 2 is 2.08 bits per heavy atom. The van der Waals surface area contributed by atoms with Crippen LogP contribution >= 0.6 is 0 Å². The molecule has 3 rings (SSSR count). The van der Waals surface area contributed by atoms with Crippen LogP contribution in [0.25, 0.3) is 5.65 Å². The third-order valence-corrected chi connectivity index (χ3v) is 4.17. The van der Waals surface area contributed by atoms with Gasteiger partial charge in [-0.2, -0.15) is 0 Å². The number of hydrogen-bond donors (Lipinski definition) is 2. The van der Waals surface area contributed by atoms with Crippen LogP contribution in [-0.4, -0.2) is 56.1 Å². The van der Waals surface area contributed by atoms with Gasteiger partial charge in [0.05, 0.1) is 5.56 Å². The predicted molar refractivity (Wildman–Crippen MR) is 86.3 cm³/mol. The molecule has 0 bridgehead atoms. The minimum atomic E-state index is -0.759. The van der Waals surface area contributed by atoms with Gasteiger partial charge in [0.25, 0.3) is 5.91 Å². The van der Waals surface area contributed by atoms with Crippen LogP contribution < -0.4 is 5.32 Å². The molecule has 8 nitrogen and oxygen atoms in total. The van der Waals surface area contributed by atoms with Gasteiger partial charge < -0.3 is 15.3 Å². The highest BCUT2D eigenvalue weighted by Crippen LogP contribution is 2.21. The van der Waals surface area contributed by atoms with Crippen molar-refractivity contribution in [2.45, 2.75) is 26.4 Å². The lowest BCUT2D eigenvalue weighted by atomic mass is 10.1. The first-order valence-electron chi connectivity index (χ1n) is 8.06. The molecule has 24 heavy (non-hydrogen) atoms. The largest absolute Gasteiger partial charge is 0.385 e. The van der Waals surface area contributed by atoms with E-state index in [-0.39, 0.29) is 17.7 Å². The normalized spacial score (nSPS) is 17.0. The van der Waals surface area contributed by atoms with Crippen molar-refractivity contribution in [3.05, 3.63) is 29.7 Å². The Morgan fingerprint density at radius 1 is 1.29 bits per heavy atom. The van der Waals surface area contributed by atoms with E-state index in [1.54, 1.807) is 27.6 Å². The molecule has 8 heteroatoms. The van der Waals surface area contributed by atoms with E-state index < -0.39 is 6.10 Å². The van der Waals surface area contributed by atoms with Crippen molar-refractivity contribution in [2.75, 3.05) is 19.6 Å². The Balaban J connectivity index is 1.90. The van der Waals surface area contributed by atoms with E-state index >= 15 is 0 Å². The quantitative estimate of drug-likeness (QED) is 0.847. The summed E-state index contributed by atoms with van der Waals surface area (Å²) in [6.45, 7) is 5.11. The second-order valence-corrected chi connectivity index (χ2v) is 6.29. The highest BCUT2D eigenvalue weighted by atomic mass is 16.3. The lowest BCUT2D eigenvalue weighted by Gasteiger charge is -2.19. The van der Waals surface area contributed by atoms with E-state index in [2.05, 4.69) is 15.5 Å². The van der Waals surface area contributed by atoms with Crippen molar-refractivity contribution in [3.63, 3.8) is 0 Å². The Hall–Kier alpha value is -2.48. The minimum Gasteiger partial charge on any atom is -0.385 e. The number of nitrogens with zero attached hydrogens (tertiary/aromatic N) is 4.